The Morgan fingerprint density at radius 3 is 2.47 bits per heavy atom. The molecule has 1 aromatic rings. The first-order valence-corrected chi connectivity index (χ1v) is 5.56. The van der Waals surface area contributed by atoms with Crippen LogP contribution in [0.15, 0.2) is 36.9 Å². The lowest BCUT2D eigenvalue weighted by Gasteiger charge is -2.11. The third-order valence-electron chi connectivity index (χ3n) is 2.27. The summed E-state index contributed by atoms with van der Waals surface area (Å²) < 4.78 is 5.25. The van der Waals surface area contributed by atoms with Gasteiger partial charge in [-0.2, -0.15) is 0 Å². The van der Waals surface area contributed by atoms with Crippen molar-refractivity contribution in [2.24, 2.45) is 0 Å². The minimum atomic E-state index is -1.32. The molecule has 6 heteroatoms. The van der Waals surface area contributed by atoms with E-state index in [1.807, 2.05) is 0 Å². The van der Waals surface area contributed by atoms with E-state index in [2.05, 4.69) is 11.9 Å². The summed E-state index contributed by atoms with van der Waals surface area (Å²) in [6.45, 7) is 3.20. The van der Waals surface area contributed by atoms with Crippen molar-refractivity contribution in [1.29, 1.82) is 0 Å². The number of aliphatic carboxylic acids is 1. The van der Waals surface area contributed by atoms with Gasteiger partial charge in [0.15, 0.2) is 6.04 Å². The van der Waals surface area contributed by atoms with Crippen LogP contribution in [0.2, 0.25) is 0 Å². The fraction of sp³-hybridized carbons (Fsp3) is 0.231. The van der Waals surface area contributed by atoms with Crippen LogP contribution in [0.5, 0.6) is 5.75 Å². The predicted molar refractivity (Wildman–Crippen MR) is 68.1 cm³/mol. The molecule has 0 radical (unpaired) electrons. The summed E-state index contributed by atoms with van der Waals surface area (Å²) in [7, 11) is 0. The summed E-state index contributed by atoms with van der Waals surface area (Å²) in [6, 6.07) is 4.87. The number of carbonyl (C=O) groups excluding carboxylic acids is 1. The Balaban J connectivity index is 2.67. The van der Waals surface area contributed by atoms with Gasteiger partial charge in [0.25, 0.3) is 5.91 Å². The molecule has 0 spiro atoms. The van der Waals surface area contributed by atoms with Crippen molar-refractivity contribution in [3.8, 4) is 5.75 Å². The van der Waals surface area contributed by atoms with Gasteiger partial charge in [0.2, 0.25) is 0 Å². The number of benzene rings is 1. The summed E-state index contributed by atoms with van der Waals surface area (Å²) in [4.78, 5) is 22.4. The molecule has 1 aromatic carbocycles. The second kappa shape index (κ2) is 7.17. The minimum Gasteiger partial charge on any atom is -0.490 e. The first kappa shape index (κ1) is 14.7. The van der Waals surface area contributed by atoms with E-state index in [0.717, 1.165) is 0 Å². The van der Waals surface area contributed by atoms with Gasteiger partial charge in [-0.25, -0.2) is 4.79 Å². The molecule has 0 aromatic heterocycles. The van der Waals surface area contributed by atoms with Gasteiger partial charge >= 0.3 is 5.97 Å². The Kier molecular flexibility index (Phi) is 5.56. The van der Waals surface area contributed by atoms with Crippen LogP contribution in [-0.4, -0.2) is 41.3 Å². The fourth-order valence-electron chi connectivity index (χ4n) is 1.28. The highest BCUT2D eigenvalue weighted by Crippen LogP contribution is 2.12. The number of aliphatic hydroxyl groups is 1. The second-order valence-corrected chi connectivity index (χ2v) is 3.67. The number of hydrogen-bond acceptors (Lipinski definition) is 4. The van der Waals surface area contributed by atoms with Crippen molar-refractivity contribution < 1.29 is 24.5 Å². The largest absolute Gasteiger partial charge is 0.490 e. The molecule has 6 nitrogen and oxygen atoms in total. The van der Waals surface area contributed by atoms with E-state index in [0.29, 0.717) is 12.4 Å². The van der Waals surface area contributed by atoms with E-state index in [-0.39, 0.29) is 5.56 Å². The van der Waals surface area contributed by atoms with E-state index < -0.39 is 24.5 Å². The SMILES string of the molecule is C=CCOc1ccc(C(=O)N[C@H](CO)C(=O)O)cc1. The highest BCUT2D eigenvalue weighted by atomic mass is 16.5. The normalized spacial score (nSPS) is 11.4. The number of carbonyl (C=O) groups is 2. The van der Waals surface area contributed by atoms with Crippen molar-refractivity contribution in [3.05, 3.63) is 42.5 Å². The maximum absolute atomic E-state index is 11.7. The third kappa shape index (κ3) is 4.44. The summed E-state index contributed by atoms with van der Waals surface area (Å²) in [6.07, 6.45) is 1.60. The van der Waals surface area contributed by atoms with Crippen molar-refractivity contribution in [3.63, 3.8) is 0 Å². The topological polar surface area (TPSA) is 95.9 Å². The van der Waals surface area contributed by atoms with Crippen LogP contribution < -0.4 is 10.1 Å². The zero-order valence-corrected chi connectivity index (χ0v) is 10.2. The van der Waals surface area contributed by atoms with E-state index >= 15 is 0 Å². The van der Waals surface area contributed by atoms with Gasteiger partial charge in [0.05, 0.1) is 6.61 Å². The van der Waals surface area contributed by atoms with Gasteiger partial charge in [-0.05, 0) is 24.3 Å². The first-order valence-electron chi connectivity index (χ1n) is 5.56. The van der Waals surface area contributed by atoms with Gasteiger partial charge in [0.1, 0.15) is 12.4 Å². The molecule has 0 aliphatic heterocycles. The highest BCUT2D eigenvalue weighted by Gasteiger charge is 2.19. The lowest BCUT2D eigenvalue weighted by Crippen LogP contribution is -2.43. The molecule has 0 heterocycles. The molecule has 102 valence electrons. The maximum Gasteiger partial charge on any atom is 0.328 e. The van der Waals surface area contributed by atoms with E-state index in [1.165, 1.54) is 12.1 Å². The minimum absolute atomic E-state index is 0.283. The molecule has 0 saturated heterocycles. The molecule has 19 heavy (non-hydrogen) atoms. The quantitative estimate of drug-likeness (QED) is 0.621. The summed E-state index contributed by atoms with van der Waals surface area (Å²) in [5, 5.41) is 19.7. The number of carboxylic acids is 1. The standard InChI is InChI=1S/C13H15NO5/c1-2-7-19-10-5-3-9(4-6-10)12(16)14-11(8-15)13(17)18/h2-6,11,15H,1,7-8H2,(H,14,16)(H,17,18)/t11-/m1/s1. The molecule has 1 amide bonds. The van der Waals surface area contributed by atoms with Crippen LogP contribution in [-0.2, 0) is 4.79 Å². The third-order valence-corrected chi connectivity index (χ3v) is 2.27. The number of aliphatic hydroxyl groups excluding tert-OH is 1. The molecule has 0 aliphatic carbocycles. The van der Waals surface area contributed by atoms with Crippen LogP contribution in [0.25, 0.3) is 0 Å². The smallest absolute Gasteiger partial charge is 0.328 e. The van der Waals surface area contributed by atoms with Gasteiger partial charge < -0.3 is 20.3 Å². The van der Waals surface area contributed by atoms with Crippen LogP contribution in [0.1, 0.15) is 10.4 Å². The molecule has 3 N–H and O–H groups in total. The molecule has 1 rings (SSSR count). The average molecular weight is 265 g/mol. The van der Waals surface area contributed by atoms with E-state index in [9.17, 15) is 9.59 Å². The Labute approximate surface area is 110 Å². The Morgan fingerprint density at radius 1 is 1.37 bits per heavy atom. The van der Waals surface area contributed by atoms with Crippen molar-refractivity contribution in [2.45, 2.75) is 6.04 Å². The number of rotatable bonds is 7. The van der Waals surface area contributed by atoms with Gasteiger partial charge in [-0.15, -0.1) is 0 Å². The number of amides is 1. The Morgan fingerprint density at radius 2 is 2.00 bits per heavy atom. The highest BCUT2D eigenvalue weighted by molar-refractivity contribution is 5.96. The van der Waals surface area contributed by atoms with Crippen LogP contribution in [0.4, 0.5) is 0 Å². The number of hydrogen-bond donors (Lipinski definition) is 3. The van der Waals surface area contributed by atoms with Crippen LogP contribution in [0.3, 0.4) is 0 Å². The summed E-state index contributed by atoms with van der Waals surface area (Å²) in [5.74, 6) is -1.29. The molecular formula is C13H15NO5. The molecule has 0 bridgehead atoms. The lowest BCUT2D eigenvalue weighted by atomic mass is 10.2. The predicted octanol–water partition coefficient (Wildman–Crippen LogP) is 0.427. The second-order valence-electron chi connectivity index (χ2n) is 3.67. The Hall–Kier alpha value is -2.34. The summed E-state index contributed by atoms with van der Waals surface area (Å²) in [5.41, 5.74) is 0.283. The average Bonchev–Trinajstić information content (AvgIpc) is 2.42. The zero-order chi connectivity index (χ0) is 14.3. The molecule has 1 atom stereocenters. The monoisotopic (exact) mass is 265 g/mol. The van der Waals surface area contributed by atoms with Gasteiger partial charge in [0, 0.05) is 5.56 Å². The molecule has 0 fully saturated rings. The zero-order valence-electron chi connectivity index (χ0n) is 10.2. The summed E-state index contributed by atoms with van der Waals surface area (Å²) >= 11 is 0. The van der Waals surface area contributed by atoms with Gasteiger partial charge in [-0.1, -0.05) is 12.7 Å². The molecule has 0 unspecified atom stereocenters. The van der Waals surface area contributed by atoms with Crippen LogP contribution in [0, 0.1) is 0 Å². The number of ether oxygens (including phenoxy) is 1. The van der Waals surface area contributed by atoms with Crippen molar-refractivity contribution >= 4 is 11.9 Å². The first-order chi connectivity index (χ1) is 9.08. The number of carboxylic acid groups (broad SMARTS) is 1. The molecular weight excluding hydrogens is 250 g/mol. The van der Waals surface area contributed by atoms with Crippen molar-refractivity contribution in [2.75, 3.05) is 13.2 Å². The maximum atomic E-state index is 11.7. The molecule has 0 saturated carbocycles. The Bertz CT molecular complexity index is 455. The van der Waals surface area contributed by atoms with Crippen LogP contribution >= 0.6 is 0 Å². The molecule has 0 aliphatic rings. The van der Waals surface area contributed by atoms with Crippen molar-refractivity contribution in [1.82, 2.24) is 5.32 Å². The van der Waals surface area contributed by atoms with Gasteiger partial charge in [-0.3, -0.25) is 4.79 Å². The lowest BCUT2D eigenvalue weighted by molar-refractivity contribution is -0.140. The fourth-order valence-corrected chi connectivity index (χ4v) is 1.28. The number of nitrogens with one attached hydrogen (secondary N) is 1. The van der Waals surface area contributed by atoms with E-state index in [1.54, 1.807) is 18.2 Å². The van der Waals surface area contributed by atoms with E-state index in [4.69, 9.17) is 14.9 Å².